The largest absolute Gasteiger partial charge is 0.337 e. The summed E-state index contributed by atoms with van der Waals surface area (Å²) < 4.78 is 23.0. The molecule has 2 heterocycles. The number of carbonyl (C=O) groups excluding carboxylic acids is 2. The SMILES string of the molecule is C[C@H]1CNCCN1C(=O)[C@@H]1CC(=O)N(c2cccc(S(N)(=O)=O)c2)C1. The standard InChI is InChI=1S/C16H22N4O4S/c1-11-9-18-5-6-19(11)16(22)12-7-15(21)20(10-12)13-3-2-4-14(8-13)25(17,23)24/h2-4,8,11-12,18H,5-7,9-10H2,1H3,(H2,17,23,24)/t11-,12+/m0/s1. The zero-order valence-corrected chi connectivity index (χ0v) is 14.8. The van der Waals surface area contributed by atoms with E-state index >= 15 is 0 Å². The number of carbonyl (C=O) groups is 2. The fourth-order valence-corrected chi connectivity index (χ4v) is 3.91. The number of piperazine rings is 1. The van der Waals surface area contributed by atoms with Gasteiger partial charge in [0.25, 0.3) is 0 Å². The van der Waals surface area contributed by atoms with Crippen LogP contribution in [0, 0.1) is 5.92 Å². The van der Waals surface area contributed by atoms with Crippen LogP contribution < -0.4 is 15.4 Å². The molecule has 1 aromatic carbocycles. The third-order valence-electron chi connectivity index (χ3n) is 4.72. The van der Waals surface area contributed by atoms with Crippen LogP contribution in [0.25, 0.3) is 0 Å². The van der Waals surface area contributed by atoms with Crippen molar-refractivity contribution in [1.29, 1.82) is 0 Å². The van der Waals surface area contributed by atoms with E-state index in [4.69, 9.17) is 5.14 Å². The van der Waals surface area contributed by atoms with Gasteiger partial charge in [0.05, 0.1) is 10.8 Å². The average molecular weight is 366 g/mol. The van der Waals surface area contributed by atoms with E-state index in [-0.39, 0.29) is 35.7 Å². The van der Waals surface area contributed by atoms with Gasteiger partial charge in [-0.25, -0.2) is 13.6 Å². The summed E-state index contributed by atoms with van der Waals surface area (Å²) in [5.74, 6) is -0.619. The molecule has 2 amide bonds. The number of primary sulfonamides is 1. The first-order chi connectivity index (χ1) is 11.8. The molecule has 2 aliphatic heterocycles. The molecule has 0 radical (unpaired) electrons. The predicted molar refractivity (Wildman–Crippen MR) is 92.3 cm³/mol. The van der Waals surface area contributed by atoms with Crippen LogP contribution in [0.5, 0.6) is 0 Å². The average Bonchev–Trinajstić information content (AvgIpc) is 2.96. The fraction of sp³-hybridized carbons (Fsp3) is 0.500. The van der Waals surface area contributed by atoms with Crippen LogP contribution in [0.2, 0.25) is 0 Å². The Kier molecular flexibility index (Phi) is 4.81. The van der Waals surface area contributed by atoms with Crippen LogP contribution in [0.1, 0.15) is 13.3 Å². The van der Waals surface area contributed by atoms with Crippen molar-refractivity contribution >= 4 is 27.5 Å². The molecule has 8 nitrogen and oxygen atoms in total. The highest BCUT2D eigenvalue weighted by Gasteiger charge is 2.38. The van der Waals surface area contributed by atoms with Crippen LogP contribution >= 0.6 is 0 Å². The second kappa shape index (κ2) is 6.74. The van der Waals surface area contributed by atoms with Crippen LogP contribution in [0.4, 0.5) is 5.69 Å². The highest BCUT2D eigenvalue weighted by atomic mass is 32.2. The minimum absolute atomic E-state index is 0.0209. The van der Waals surface area contributed by atoms with Crippen LogP contribution in [0.3, 0.4) is 0 Å². The summed E-state index contributed by atoms with van der Waals surface area (Å²) in [6.07, 6.45) is 0.134. The Morgan fingerprint density at radius 1 is 1.36 bits per heavy atom. The lowest BCUT2D eigenvalue weighted by atomic mass is 10.1. The Hall–Kier alpha value is -1.97. The van der Waals surface area contributed by atoms with Crippen LogP contribution in [0.15, 0.2) is 29.2 Å². The molecule has 2 atom stereocenters. The maximum absolute atomic E-state index is 12.8. The smallest absolute Gasteiger partial charge is 0.238 e. The van der Waals surface area contributed by atoms with Gasteiger partial charge in [-0.15, -0.1) is 0 Å². The number of amides is 2. The molecule has 2 saturated heterocycles. The number of sulfonamides is 1. The van der Waals surface area contributed by atoms with Crippen molar-refractivity contribution in [1.82, 2.24) is 10.2 Å². The molecule has 0 unspecified atom stereocenters. The number of rotatable bonds is 3. The van der Waals surface area contributed by atoms with Crippen molar-refractivity contribution in [2.24, 2.45) is 11.1 Å². The first-order valence-electron chi connectivity index (χ1n) is 8.22. The summed E-state index contributed by atoms with van der Waals surface area (Å²) in [5.41, 5.74) is 0.445. The van der Waals surface area contributed by atoms with E-state index in [0.717, 1.165) is 13.1 Å². The first-order valence-corrected chi connectivity index (χ1v) is 9.76. The molecule has 0 aliphatic carbocycles. The van der Waals surface area contributed by atoms with Gasteiger partial charge in [-0.1, -0.05) is 6.07 Å². The fourth-order valence-electron chi connectivity index (χ4n) is 3.35. The maximum atomic E-state index is 12.8. The molecule has 3 N–H and O–H groups in total. The molecule has 2 fully saturated rings. The summed E-state index contributed by atoms with van der Waals surface area (Å²) in [6, 6.07) is 6.02. The maximum Gasteiger partial charge on any atom is 0.238 e. The van der Waals surface area contributed by atoms with E-state index < -0.39 is 15.9 Å². The van der Waals surface area contributed by atoms with Crippen LogP contribution in [-0.4, -0.2) is 57.4 Å². The third kappa shape index (κ3) is 3.68. The van der Waals surface area contributed by atoms with Gasteiger partial charge in [0.15, 0.2) is 0 Å². The van der Waals surface area contributed by atoms with E-state index in [1.807, 2.05) is 11.8 Å². The Morgan fingerprint density at radius 2 is 2.12 bits per heavy atom. The van der Waals surface area contributed by atoms with Crippen LogP contribution in [-0.2, 0) is 19.6 Å². The number of nitrogens with zero attached hydrogens (tertiary/aromatic N) is 2. The van der Waals surface area contributed by atoms with E-state index in [1.54, 1.807) is 6.07 Å². The minimum atomic E-state index is -3.85. The van der Waals surface area contributed by atoms with E-state index in [9.17, 15) is 18.0 Å². The Morgan fingerprint density at radius 3 is 2.80 bits per heavy atom. The lowest BCUT2D eigenvalue weighted by Gasteiger charge is -2.35. The topological polar surface area (TPSA) is 113 Å². The van der Waals surface area contributed by atoms with Gasteiger partial charge >= 0.3 is 0 Å². The third-order valence-corrected chi connectivity index (χ3v) is 5.63. The zero-order valence-electron chi connectivity index (χ0n) is 14.0. The summed E-state index contributed by atoms with van der Waals surface area (Å²) in [4.78, 5) is 28.4. The Labute approximate surface area is 147 Å². The van der Waals surface area contributed by atoms with E-state index in [2.05, 4.69) is 5.32 Å². The summed E-state index contributed by atoms with van der Waals surface area (Å²) in [6.45, 7) is 4.35. The number of hydrogen-bond donors (Lipinski definition) is 2. The van der Waals surface area contributed by atoms with Crippen molar-refractivity contribution in [3.8, 4) is 0 Å². The number of anilines is 1. The molecule has 25 heavy (non-hydrogen) atoms. The van der Waals surface area contributed by atoms with Gasteiger partial charge < -0.3 is 15.1 Å². The summed E-state index contributed by atoms with van der Waals surface area (Å²) >= 11 is 0. The number of hydrogen-bond acceptors (Lipinski definition) is 5. The number of nitrogens with one attached hydrogen (secondary N) is 1. The van der Waals surface area contributed by atoms with Crippen molar-refractivity contribution in [2.75, 3.05) is 31.1 Å². The summed E-state index contributed by atoms with van der Waals surface area (Å²) in [7, 11) is -3.85. The molecule has 0 saturated carbocycles. The zero-order chi connectivity index (χ0) is 18.2. The second-order valence-electron chi connectivity index (χ2n) is 6.53. The Bertz CT molecular complexity index is 795. The van der Waals surface area contributed by atoms with Crippen molar-refractivity contribution < 1.29 is 18.0 Å². The molecule has 1 aromatic rings. The molecular weight excluding hydrogens is 344 g/mol. The van der Waals surface area contributed by atoms with Gasteiger partial charge in [-0.05, 0) is 25.1 Å². The minimum Gasteiger partial charge on any atom is -0.337 e. The molecule has 0 aromatic heterocycles. The van der Waals surface area contributed by atoms with Gasteiger partial charge in [0, 0.05) is 44.3 Å². The van der Waals surface area contributed by atoms with Crippen molar-refractivity contribution in [2.45, 2.75) is 24.3 Å². The molecule has 0 spiro atoms. The molecule has 9 heteroatoms. The first kappa shape index (κ1) is 17.8. The number of benzene rings is 1. The van der Waals surface area contributed by atoms with Gasteiger partial charge in [-0.3, -0.25) is 9.59 Å². The molecule has 0 bridgehead atoms. The quantitative estimate of drug-likeness (QED) is 0.749. The molecule has 136 valence electrons. The monoisotopic (exact) mass is 366 g/mol. The van der Waals surface area contributed by atoms with E-state index in [1.165, 1.54) is 23.1 Å². The van der Waals surface area contributed by atoms with E-state index in [0.29, 0.717) is 12.2 Å². The van der Waals surface area contributed by atoms with Gasteiger partial charge in [-0.2, -0.15) is 0 Å². The Balaban J connectivity index is 1.78. The lowest BCUT2D eigenvalue weighted by molar-refractivity contribution is -0.138. The summed E-state index contributed by atoms with van der Waals surface area (Å²) in [5, 5.41) is 8.38. The van der Waals surface area contributed by atoms with Gasteiger partial charge in [0.1, 0.15) is 0 Å². The highest BCUT2D eigenvalue weighted by Crippen LogP contribution is 2.28. The molecule has 2 aliphatic rings. The lowest BCUT2D eigenvalue weighted by Crippen LogP contribution is -2.54. The van der Waals surface area contributed by atoms with Gasteiger partial charge in [0.2, 0.25) is 21.8 Å². The van der Waals surface area contributed by atoms with Crippen molar-refractivity contribution in [3.05, 3.63) is 24.3 Å². The molecule has 3 rings (SSSR count). The normalized spacial score (nSPS) is 24.6. The highest BCUT2D eigenvalue weighted by molar-refractivity contribution is 7.89. The predicted octanol–water partition coefficient (Wildman–Crippen LogP) is -0.493. The molecular formula is C16H22N4O4S. The van der Waals surface area contributed by atoms with Crippen molar-refractivity contribution in [3.63, 3.8) is 0 Å². The second-order valence-corrected chi connectivity index (χ2v) is 8.09. The number of nitrogens with two attached hydrogens (primary N) is 1.